The van der Waals surface area contributed by atoms with Gasteiger partial charge in [-0.1, -0.05) is 12.1 Å². The van der Waals surface area contributed by atoms with Gasteiger partial charge in [0.15, 0.2) is 0 Å². The quantitative estimate of drug-likeness (QED) is 0.829. The molecule has 0 saturated heterocycles. The minimum Gasteiger partial charge on any atom is -0.399 e. The molecule has 1 aromatic heterocycles. The lowest BCUT2D eigenvalue weighted by Crippen LogP contribution is -2.28. The number of hydrogen-bond donors (Lipinski definition) is 2. The Hall–Kier alpha value is -1.44. The molecule has 0 spiro atoms. The third kappa shape index (κ3) is 4.03. The molecule has 1 heterocycles. The highest BCUT2D eigenvalue weighted by molar-refractivity contribution is 7.88. The van der Waals surface area contributed by atoms with E-state index < -0.39 is 10.0 Å². The summed E-state index contributed by atoms with van der Waals surface area (Å²) in [6, 6.07) is 6.54. The summed E-state index contributed by atoms with van der Waals surface area (Å²) < 4.78 is 26.9. The van der Waals surface area contributed by atoms with Crippen LogP contribution in [0.5, 0.6) is 0 Å². The van der Waals surface area contributed by atoms with Crippen LogP contribution in [0.3, 0.4) is 0 Å². The molecule has 108 valence electrons. The number of nitrogens with zero attached hydrogens (tertiary/aromatic N) is 1. The second-order valence-corrected chi connectivity index (χ2v) is 7.31. The number of aromatic nitrogens is 1. The minimum absolute atomic E-state index is 0.0905. The topological polar surface area (TPSA) is 85.1 Å². The van der Waals surface area contributed by atoms with E-state index in [1.165, 1.54) is 11.3 Å². The molecule has 7 heteroatoms. The Morgan fingerprint density at radius 2 is 2.20 bits per heavy atom. The maximum Gasteiger partial charge on any atom is 0.216 e. The lowest BCUT2D eigenvalue weighted by atomic mass is 10.2. The van der Waals surface area contributed by atoms with Gasteiger partial charge in [-0.05, 0) is 31.5 Å². The fourth-order valence-corrected chi connectivity index (χ4v) is 4.07. The van der Waals surface area contributed by atoms with Crippen molar-refractivity contribution in [2.45, 2.75) is 25.6 Å². The molecule has 0 amide bonds. The highest BCUT2D eigenvalue weighted by atomic mass is 32.2. The average molecular weight is 311 g/mol. The van der Waals surface area contributed by atoms with Crippen LogP contribution < -0.4 is 10.5 Å². The number of anilines is 1. The highest BCUT2D eigenvalue weighted by Gasteiger charge is 2.18. The molecule has 20 heavy (non-hydrogen) atoms. The van der Waals surface area contributed by atoms with Crippen LogP contribution in [0.25, 0.3) is 0 Å². The van der Waals surface area contributed by atoms with Crippen LogP contribution in [0.2, 0.25) is 0 Å². The van der Waals surface area contributed by atoms with Crippen LogP contribution in [0.1, 0.15) is 29.2 Å². The molecule has 2 aromatic rings. The number of hydrogen-bond acceptors (Lipinski definition) is 5. The summed E-state index contributed by atoms with van der Waals surface area (Å²) in [5, 5.41) is 2.66. The number of sulfonamides is 1. The molecule has 0 saturated carbocycles. The van der Waals surface area contributed by atoms with Gasteiger partial charge in [-0.15, -0.1) is 11.3 Å². The Morgan fingerprint density at radius 3 is 2.80 bits per heavy atom. The van der Waals surface area contributed by atoms with Crippen molar-refractivity contribution in [1.29, 1.82) is 0 Å². The van der Waals surface area contributed by atoms with Gasteiger partial charge in [0.05, 0.1) is 11.8 Å². The fourth-order valence-electron chi connectivity index (χ4n) is 1.83. The van der Waals surface area contributed by atoms with E-state index in [1.807, 2.05) is 12.3 Å². The summed E-state index contributed by atoms with van der Waals surface area (Å²) in [6.45, 7) is 3.67. The van der Waals surface area contributed by atoms with E-state index in [1.54, 1.807) is 31.2 Å². The summed E-state index contributed by atoms with van der Waals surface area (Å²) in [5.74, 6) is -0.0905. The molecule has 2 rings (SSSR count). The SMILES string of the molecule is Cc1csc(C(C)NS(=O)(=O)Cc2cccc(N)c2)n1. The summed E-state index contributed by atoms with van der Waals surface area (Å²) in [4.78, 5) is 4.29. The molecule has 5 nitrogen and oxygen atoms in total. The number of benzene rings is 1. The number of nitrogens with two attached hydrogens (primary N) is 1. The zero-order valence-electron chi connectivity index (χ0n) is 11.3. The van der Waals surface area contributed by atoms with E-state index in [9.17, 15) is 8.42 Å². The second-order valence-electron chi connectivity index (χ2n) is 4.67. The minimum atomic E-state index is -3.43. The van der Waals surface area contributed by atoms with Crippen LogP contribution in [-0.2, 0) is 15.8 Å². The first-order valence-corrected chi connectivity index (χ1v) is 8.65. The van der Waals surface area contributed by atoms with Crippen LogP contribution in [-0.4, -0.2) is 13.4 Å². The molecule has 1 atom stereocenters. The lowest BCUT2D eigenvalue weighted by Gasteiger charge is -2.12. The predicted molar refractivity (Wildman–Crippen MR) is 81.9 cm³/mol. The van der Waals surface area contributed by atoms with Crippen molar-refractivity contribution in [1.82, 2.24) is 9.71 Å². The largest absolute Gasteiger partial charge is 0.399 e. The second kappa shape index (κ2) is 5.90. The van der Waals surface area contributed by atoms with Crippen LogP contribution in [0, 0.1) is 6.92 Å². The van der Waals surface area contributed by atoms with Gasteiger partial charge in [0.25, 0.3) is 0 Å². The number of aryl methyl sites for hydroxylation is 1. The first-order valence-electron chi connectivity index (χ1n) is 6.12. The molecule has 0 radical (unpaired) electrons. The van der Waals surface area contributed by atoms with Crippen molar-refractivity contribution in [2.24, 2.45) is 0 Å². The molecule has 3 N–H and O–H groups in total. The Balaban J connectivity index is 2.07. The van der Waals surface area contributed by atoms with Gasteiger partial charge in [0.1, 0.15) is 5.01 Å². The Bertz CT molecular complexity index is 695. The van der Waals surface area contributed by atoms with E-state index in [-0.39, 0.29) is 11.8 Å². The van der Waals surface area contributed by atoms with E-state index in [0.717, 1.165) is 10.7 Å². The van der Waals surface area contributed by atoms with Gasteiger partial charge in [0.2, 0.25) is 10.0 Å². The zero-order valence-corrected chi connectivity index (χ0v) is 13.0. The van der Waals surface area contributed by atoms with E-state index in [2.05, 4.69) is 9.71 Å². The number of rotatable bonds is 5. The molecular weight excluding hydrogens is 294 g/mol. The molecule has 1 aromatic carbocycles. The fraction of sp³-hybridized carbons (Fsp3) is 0.308. The number of nitrogens with one attached hydrogen (secondary N) is 1. The van der Waals surface area contributed by atoms with Gasteiger partial charge in [0, 0.05) is 16.8 Å². The summed E-state index contributed by atoms with van der Waals surface area (Å²) in [7, 11) is -3.43. The van der Waals surface area contributed by atoms with Crippen LogP contribution in [0.15, 0.2) is 29.6 Å². The lowest BCUT2D eigenvalue weighted by molar-refractivity contribution is 0.565. The zero-order chi connectivity index (χ0) is 14.8. The van der Waals surface area contributed by atoms with Gasteiger partial charge >= 0.3 is 0 Å². The monoisotopic (exact) mass is 311 g/mol. The van der Waals surface area contributed by atoms with Gasteiger partial charge in [-0.25, -0.2) is 18.1 Å². The van der Waals surface area contributed by atoms with Gasteiger partial charge < -0.3 is 5.73 Å². The average Bonchev–Trinajstić information content (AvgIpc) is 2.74. The molecule has 1 unspecified atom stereocenters. The molecule has 0 aliphatic carbocycles. The third-order valence-electron chi connectivity index (χ3n) is 2.67. The van der Waals surface area contributed by atoms with Crippen molar-refractivity contribution in [3.05, 3.63) is 45.9 Å². The normalized spacial score (nSPS) is 13.3. The highest BCUT2D eigenvalue weighted by Crippen LogP contribution is 2.19. The molecule has 0 bridgehead atoms. The Morgan fingerprint density at radius 1 is 1.45 bits per heavy atom. The Kier molecular flexibility index (Phi) is 4.42. The first-order chi connectivity index (χ1) is 9.35. The van der Waals surface area contributed by atoms with E-state index >= 15 is 0 Å². The maximum atomic E-state index is 12.1. The standard InChI is InChI=1S/C13H17N3O2S2/c1-9-7-19-13(15-9)10(2)16-20(17,18)8-11-4-3-5-12(14)6-11/h3-7,10,16H,8,14H2,1-2H3. The van der Waals surface area contributed by atoms with Crippen molar-refractivity contribution < 1.29 is 8.42 Å². The first kappa shape index (κ1) is 15.0. The summed E-state index contributed by atoms with van der Waals surface area (Å²) >= 11 is 1.45. The van der Waals surface area contributed by atoms with Gasteiger partial charge in [-0.2, -0.15) is 0 Å². The molecule has 0 fully saturated rings. The Labute approximate surface area is 122 Å². The maximum absolute atomic E-state index is 12.1. The van der Waals surface area contributed by atoms with Crippen LogP contribution >= 0.6 is 11.3 Å². The summed E-state index contributed by atoms with van der Waals surface area (Å²) in [5.41, 5.74) is 7.77. The summed E-state index contributed by atoms with van der Waals surface area (Å²) in [6.07, 6.45) is 0. The predicted octanol–water partition coefficient (Wildman–Crippen LogP) is 2.21. The molecule has 0 aliphatic heterocycles. The molecule has 0 aliphatic rings. The van der Waals surface area contributed by atoms with Crippen molar-refractivity contribution in [3.63, 3.8) is 0 Å². The number of thiazole rings is 1. The van der Waals surface area contributed by atoms with Crippen LogP contribution in [0.4, 0.5) is 5.69 Å². The van der Waals surface area contributed by atoms with Crippen molar-refractivity contribution >= 4 is 27.0 Å². The smallest absolute Gasteiger partial charge is 0.216 e. The number of nitrogen functional groups attached to an aromatic ring is 1. The van der Waals surface area contributed by atoms with E-state index in [4.69, 9.17) is 5.73 Å². The molecular formula is C13H17N3O2S2. The van der Waals surface area contributed by atoms with E-state index in [0.29, 0.717) is 11.3 Å². The van der Waals surface area contributed by atoms with Gasteiger partial charge in [-0.3, -0.25) is 0 Å². The third-order valence-corrected chi connectivity index (χ3v) is 5.24. The van der Waals surface area contributed by atoms with Crippen molar-refractivity contribution in [3.8, 4) is 0 Å². The van der Waals surface area contributed by atoms with Crippen molar-refractivity contribution in [2.75, 3.05) is 5.73 Å².